The van der Waals surface area contributed by atoms with Crippen LogP contribution in [0.1, 0.15) is 41.4 Å². The van der Waals surface area contributed by atoms with Gasteiger partial charge in [-0.1, -0.05) is 23.2 Å². The minimum atomic E-state index is -3.65. The molecule has 3 aromatic rings. The molecule has 10 nitrogen and oxygen atoms in total. The quantitative estimate of drug-likeness (QED) is 0.413. The van der Waals surface area contributed by atoms with Crippen LogP contribution in [0.3, 0.4) is 0 Å². The number of hydrogen-bond donors (Lipinski definition) is 2. The van der Waals surface area contributed by atoms with Crippen LogP contribution in [0, 0.1) is 0 Å². The predicted molar refractivity (Wildman–Crippen MR) is 146 cm³/mol. The van der Waals surface area contributed by atoms with Gasteiger partial charge in [0, 0.05) is 43.3 Å². The number of aromatic nitrogens is 3. The van der Waals surface area contributed by atoms with Gasteiger partial charge in [0.2, 0.25) is 10.0 Å². The molecule has 0 saturated carbocycles. The van der Waals surface area contributed by atoms with E-state index in [0.717, 1.165) is 19.1 Å². The van der Waals surface area contributed by atoms with E-state index >= 15 is 0 Å². The first-order chi connectivity index (χ1) is 18.5. The highest BCUT2D eigenvalue weighted by molar-refractivity contribution is 7.92. The van der Waals surface area contributed by atoms with Gasteiger partial charge < -0.3 is 15.1 Å². The molecule has 1 amide bonds. The smallest absolute Gasteiger partial charge is 0.256 e. The van der Waals surface area contributed by atoms with Gasteiger partial charge in [0.15, 0.2) is 5.65 Å². The summed E-state index contributed by atoms with van der Waals surface area (Å²) in [5, 5.41) is 8.08. The lowest BCUT2D eigenvalue weighted by Gasteiger charge is -2.35. The van der Waals surface area contributed by atoms with Crippen molar-refractivity contribution in [1.29, 1.82) is 0 Å². The Morgan fingerprint density at radius 2 is 1.97 bits per heavy atom. The van der Waals surface area contributed by atoms with Crippen molar-refractivity contribution in [2.24, 2.45) is 0 Å². The maximum atomic E-state index is 13.8. The number of hydrogen-bond acceptors (Lipinski definition) is 7. The first kappa shape index (κ1) is 27.8. The number of carbonyl (C=O) groups excluding carboxylic acids is 1. The molecular weight excluding hydrogens is 575 g/mol. The molecule has 5 rings (SSSR count). The summed E-state index contributed by atoms with van der Waals surface area (Å²) in [5.74, 6) is 0.144. The van der Waals surface area contributed by atoms with E-state index in [4.69, 9.17) is 28.3 Å². The average molecular weight is 602 g/mol. The molecule has 2 fully saturated rings. The summed E-state index contributed by atoms with van der Waals surface area (Å²) < 4.78 is 54.6. The number of carbonyl (C=O) groups is 1. The highest BCUT2D eigenvalue weighted by Crippen LogP contribution is 2.35. The predicted octanol–water partition coefficient (Wildman–Crippen LogP) is 3.82. The third-order valence-electron chi connectivity index (χ3n) is 6.84. The zero-order valence-corrected chi connectivity index (χ0v) is 23.3. The normalized spacial score (nSPS) is 20.6. The fourth-order valence-electron chi connectivity index (χ4n) is 5.11. The molecule has 0 bridgehead atoms. The van der Waals surface area contributed by atoms with Crippen molar-refractivity contribution in [1.82, 2.24) is 24.8 Å². The molecule has 2 aliphatic rings. The lowest BCUT2D eigenvalue weighted by molar-refractivity contribution is 0.0607. The fraction of sp³-hybridized carbons (Fsp3) is 0.458. The van der Waals surface area contributed by atoms with Gasteiger partial charge in [-0.2, -0.15) is 9.61 Å². The van der Waals surface area contributed by atoms with Crippen LogP contribution in [0.15, 0.2) is 30.3 Å². The number of anilines is 2. The molecule has 2 aliphatic heterocycles. The van der Waals surface area contributed by atoms with Crippen LogP contribution in [0.25, 0.3) is 5.65 Å². The lowest BCUT2D eigenvalue weighted by atomic mass is 9.98. The van der Waals surface area contributed by atoms with E-state index in [2.05, 4.69) is 15.0 Å². The van der Waals surface area contributed by atoms with Gasteiger partial charge >= 0.3 is 0 Å². The minimum Gasteiger partial charge on any atom is -0.353 e. The third-order valence-corrected chi connectivity index (χ3v) is 7.86. The lowest BCUT2D eigenvalue weighted by Crippen LogP contribution is -2.54. The molecule has 210 valence electrons. The summed E-state index contributed by atoms with van der Waals surface area (Å²) in [5.41, 5.74) is 1.26. The Balaban J connectivity index is 1.51. The molecule has 0 spiro atoms. The molecule has 2 atom stereocenters. The number of nitrogens with one attached hydrogen (secondary N) is 2. The van der Waals surface area contributed by atoms with Crippen molar-refractivity contribution in [2.75, 3.05) is 42.1 Å². The van der Waals surface area contributed by atoms with E-state index in [1.165, 1.54) is 18.2 Å². The van der Waals surface area contributed by atoms with Gasteiger partial charge in [0.25, 0.3) is 12.3 Å². The second-order valence-electron chi connectivity index (χ2n) is 9.69. The Bertz CT molecular complexity index is 1500. The molecular formula is C24H27Cl2F2N7O3S. The minimum absolute atomic E-state index is 0.0707. The molecule has 2 N–H and O–H groups in total. The number of rotatable bonds is 6. The Hall–Kier alpha value is -2.74. The molecule has 39 heavy (non-hydrogen) atoms. The van der Waals surface area contributed by atoms with Crippen molar-refractivity contribution >= 4 is 56.3 Å². The zero-order chi connectivity index (χ0) is 27.9. The zero-order valence-electron chi connectivity index (χ0n) is 20.9. The summed E-state index contributed by atoms with van der Waals surface area (Å²) in [7, 11) is -3.65. The molecule has 0 aliphatic carbocycles. The number of benzene rings is 1. The molecule has 0 radical (unpaired) electrons. The van der Waals surface area contributed by atoms with Gasteiger partial charge in [-0.05, 0) is 37.5 Å². The number of nitrogens with zero attached hydrogens (tertiary/aromatic N) is 5. The first-order valence-corrected chi connectivity index (χ1v) is 15.1. The summed E-state index contributed by atoms with van der Waals surface area (Å²) in [4.78, 5) is 21.6. The molecule has 2 saturated heterocycles. The molecule has 15 heteroatoms. The van der Waals surface area contributed by atoms with Crippen molar-refractivity contribution in [3.8, 4) is 0 Å². The molecule has 2 aromatic heterocycles. The van der Waals surface area contributed by atoms with Crippen LogP contribution in [0.5, 0.6) is 0 Å². The average Bonchev–Trinajstić information content (AvgIpc) is 3.32. The van der Waals surface area contributed by atoms with Crippen molar-refractivity contribution in [2.45, 2.75) is 37.8 Å². The van der Waals surface area contributed by atoms with Crippen molar-refractivity contribution in [3.05, 3.63) is 51.8 Å². The number of likely N-dealkylation sites (tertiary alicyclic amines) is 1. The highest BCUT2D eigenvalue weighted by Gasteiger charge is 2.33. The van der Waals surface area contributed by atoms with E-state index < -0.39 is 34.4 Å². The number of amides is 1. The van der Waals surface area contributed by atoms with Crippen LogP contribution in [-0.4, -0.2) is 78.7 Å². The Morgan fingerprint density at radius 3 is 2.72 bits per heavy atom. The number of piperidine rings is 1. The standard InChI is InChI=1S/C24H27Cl2F2N7O3S/c1-39(37,38)32-16-6-5-14(25)10-15(16)24(36)34-8-3-2-4-19(34)17-11-21-30-20(26)12-22(35(21)31-17)33-9-7-29-18(13-33)23(27)28/h5-6,10-12,18-19,23,29,32H,2-4,7-9,13H2,1H3/t18?,19-/m0/s1. The van der Waals surface area contributed by atoms with Gasteiger partial charge in [-0.15, -0.1) is 0 Å². The first-order valence-electron chi connectivity index (χ1n) is 12.4. The number of piperazine rings is 1. The van der Waals surface area contributed by atoms with E-state index in [9.17, 15) is 22.0 Å². The molecule has 1 unspecified atom stereocenters. The number of fused-ring (bicyclic) bond motifs is 1. The summed E-state index contributed by atoms with van der Waals surface area (Å²) in [6.45, 7) is 1.35. The van der Waals surface area contributed by atoms with E-state index in [1.807, 2.05) is 0 Å². The maximum Gasteiger partial charge on any atom is 0.256 e. The summed E-state index contributed by atoms with van der Waals surface area (Å²) in [6, 6.07) is 6.32. The maximum absolute atomic E-state index is 13.8. The van der Waals surface area contributed by atoms with Crippen LogP contribution in [0.2, 0.25) is 10.2 Å². The highest BCUT2D eigenvalue weighted by atomic mass is 35.5. The van der Waals surface area contributed by atoms with Gasteiger partial charge in [0.1, 0.15) is 11.0 Å². The number of sulfonamides is 1. The van der Waals surface area contributed by atoms with Crippen LogP contribution in [-0.2, 0) is 10.0 Å². The Kier molecular flexibility index (Phi) is 7.86. The number of alkyl halides is 2. The third kappa shape index (κ3) is 6.06. The van der Waals surface area contributed by atoms with Gasteiger partial charge in [0.05, 0.1) is 35.3 Å². The Morgan fingerprint density at radius 1 is 1.18 bits per heavy atom. The molecule has 1 aromatic carbocycles. The van der Waals surface area contributed by atoms with Crippen LogP contribution in [0.4, 0.5) is 20.3 Å². The molecule has 4 heterocycles. The van der Waals surface area contributed by atoms with Crippen molar-refractivity contribution < 1.29 is 22.0 Å². The summed E-state index contributed by atoms with van der Waals surface area (Å²) >= 11 is 12.5. The Labute approximate surface area is 234 Å². The SMILES string of the molecule is CS(=O)(=O)Nc1ccc(Cl)cc1C(=O)N1CCCC[C@H]1c1cc2nc(Cl)cc(N3CCNC(C(F)F)C3)n2n1. The van der Waals surface area contributed by atoms with Crippen LogP contribution >= 0.6 is 23.2 Å². The van der Waals surface area contributed by atoms with Crippen LogP contribution < -0.4 is 14.9 Å². The largest absolute Gasteiger partial charge is 0.353 e. The van der Waals surface area contributed by atoms with E-state index in [1.54, 1.807) is 26.4 Å². The second kappa shape index (κ2) is 11.0. The topological polar surface area (TPSA) is 112 Å². The van der Waals surface area contributed by atoms with E-state index in [0.29, 0.717) is 48.2 Å². The number of halogens is 4. The fourth-order valence-corrected chi connectivity index (χ4v) is 6.04. The van der Waals surface area contributed by atoms with E-state index in [-0.39, 0.29) is 22.9 Å². The summed E-state index contributed by atoms with van der Waals surface area (Å²) in [6.07, 6.45) is 0.713. The second-order valence-corrected chi connectivity index (χ2v) is 12.3. The monoisotopic (exact) mass is 601 g/mol. The van der Waals surface area contributed by atoms with Gasteiger partial charge in [-0.25, -0.2) is 22.2 Å². The van der Waals surface area contributed by atoms with Gasteiger partial charge in [-0.3, -0.25) is 9.52 Å². The van der Waals surface area contributed by atoms with Crippen molar-refractivity contribution in [3.63, 3.8) is 0 Å².